The van der Waals surface area contributed by atoms with E-state index in [1.807, 2.05) is 25.1 Å². The molecule has 6 nitrogen and oxygen atoms in total. The molecule has 2 aromatic carbocycles. The summed E-state index contributed by atoms with van der Waals surface area (Å²) in [5.41, 5.74) is 0.570. The zero-order valence-electron chi connectivity index (χ0n) is 16.1. The zero-order chi connectivity index (χ0) is 20.6. The number of para-hydroxylation sites is 1. The van der Waals surface area contributed by atoms with Crippen molar-refractivity contribution in [2.75, 3.05) is 18.9 Å². The molecule has 0 spiro atoms. The molecule has 0 unspecified atom stereocenters. The molecule has 1 N–H and O–H groups in total. The highest BCUT2D eigenvalue weighted by Crippen LogP contribution is 2.18. The second-order valence-corrected chi connectivity index (χ2v) is 7.69. The molecule has 0 radical (unpaired) electrons. The molecule has 152 valence electrons. The minimum absolute atomic E-state index is 0.0725. The Kier molecular flexibility index (Phi) is 7.55. The van der Waals surface area contributed by atoms with E-state index in [0.717, 1.165) is 6.42 Å². The number of hydrogen-bond acceptors (Lipinski definition) is 5. The van der Waals surface area contributed by atoms with Gasteiger partial charge in [0.05, 0.1) is 23.2 Å². The Bertz CT molecular complexity index is 1040. The van der Waals surface area contributed by atoms with E-state index >= 15 is 0 Å². The number of fused-ring (bicyclic) bond motifs is 1. The Morgan fingerprint density at radius 1 is 1.21 bits per heavy atom. The standard InChI is InChI=1S/C21H22ClN3O3S/c1-2-12-25-20(27)17-5-3-4-6-18(17)24-21(25)29-14-19(26)23-11-13-28-16-9-7-15(22)8-10-16/h3-10H,2,11-14H2,1H3,(H,23,26). The number of carbonyl (C=O) groups is 1. The second kappa shape index (κ2) is 10.3. The lowest BCUT2D eigenvalue weighted by atomic mass is 10.2. The van der Waals surface area contributed by atoms with Crippen molar-refractivity contribution in [1.82, 2.24) is 14.9 Å². The fourth-order valence-electron chi connectivity index (χ4n) is 2.75. The summed E-state index contributed by atoms with van der Waals surface area (Å²) in [6.07, 6.45) is 0.807. The second-order valence-electron chi connectivity index (χ2n) is 6.31. The number of carbonyl (C=O) groups excluding carboxylic acids is 1. The molecule has 0 aliphatic carbocycles. The number of hydrogen-bond donors (Lipinski definition) is 1. The number of ether oxygens (including phenoxy) is 1. The van der Waals surface area contributed by atoms with E-state index in [0.29, 0.717) is 46.5 Å². The van der Waals surface area contributed by atoms with Gasteiger partial charge in [0.1, 0.15) is 12.4 Å². The fraction of sp³-hybridized carbons (Fsp3) is 0.286. The van der Waals surface area contributed by atoms with Crippen molar-refractivity contribution in [3.63, 3.8) is 0 Å². The van der Waals surface area contributed by atoms with E-state index in [1.54, 1.807) is 34.9 Å². The highest BCUT2D eigenvalue weighted by Gasteiger charge is 2.12. The van der Waals surface area contributed by atoms with Gasteiger partial charge in [0.15, 0.2) is 5.16 Å². The van der Waals surface area contributed by atoms with Gasteiger partial charge in [-0.3, -0.25) is 14.2 Å². The first kappa shape index (κ1) is 21.2. The Morgan fingerprint density at radius 2 is 1.97 bits per heavy atom. The molecule has 1 aromatic heterocycles. The van der Waals surface area contributed by atoms with Crippen LogP contribution in [0.1, 0.15) is 13.3 Å². The average Bonchev–Trinajstić information content (AvgIpc) is 2.73. The van der Waals surface area contributed by atoms with Gasteiger partial charge >= 0.3 is 0 Å². The number of aromatic nitrogens is 2. The van der Waals surface area contributed by atoms with Crippen LogP contribution in [-0.4, -0.2) is 34.4 Å². The molecule has 0 saturated carbocycles. The molecule has 8 heteroatoms. The summed E-state index contributed by atoms with van der Waals surface area (Å²) < 4.78 is 7.19. The fourth-order valence-corrected chi connectivity index (χ4v) is 3.73. The summed E-state index contributed by atoms with van der Waals surface area (Å²) in [5.74, 6) is 0.734. The Hall–Kier alpha value is -2.51. The van der Waals surface area contributed by atoms with Gasteiger partial charge in [-0.05, 0) is 42.8 Å². The van der Waals surface area contributed by atoms with Crippen molar-refractivity contribution in [1.29, 1.82) is 0 Å². The molecular formula is C21H22ClN3O3S. The van der Waals surface area contributed by atoms with E-state index in [4.69, 9.17) is 16.3 Å². The maximum absolute atomic E-state index is 12.7. The highest BCUT2D eigenvalue weighted by atomic mass is 35.5. The number of thioether (sulfide) groups is 1. The third kappa shape index (κ3) is 5.74. The average molecular weight is 432 g/mol. The van der Waals surface area contributed by atoms with Crippen LogP contribution in [0.15, 0.2) is 58.5 Å². The number of nitrogens with one attached hydrogen (secondary N) is 1. The summed E-state index contributed by atoms with van der Waals surface area (Å²) >= 11 is 7.10. The molecule has 1 heterocycles. The lowest BCUT2D eigenvalue weighted by Gasteiger charge is -2.12. The Labute approximate surface area is 178 Å². The van der Waals surface area contributed by atoms with Crippen LogP contribution in [-0.2, 0) is 11.3 Å². The number of halogens is 1. The van der Waals surface area contributed by atoms with Crippen LogP contribution in [0.2, 0.25) is 5.02 Å². The minimum atomic E-state index is -0.139. The summed E-state index contributed by atoms with van der Waals surface area (Å²) in [4.78, 5) is 29.5. The van der Waals surface area contributed by atoms with E-state index in [-0.39, 0.29) is 17.2 Å². The molecule has 0 aliphatic heterocycles. The van der Waals surface area contributed by atoms with Crippen LogP contribution < -0.4 is 15.6 Å². The molecule has 0 fully saturated rings. The van der Waals surface area contributed by atoms with Crippen LogP contribution in [0.4, 0.5) is 0 Å². The number of nitrogens with zero attached hydrogens (tertiary/aromatic N) is 2. The Morgan fingerprint density at radius 3 is 2.72 bits per heavy atom. The van der Waals surface area contributed by atoms with E-state index < -0.39 is 0 Å². The van der Waals surface area contributed by atoms with Gasteiger partial charge in [0.2, 0.25) is 5.91 Å². The van der Waals surface area contributed by atoms with Crippen molar-refractivity contribution in [2.24, 2.45) is 0 Å². The van der Waals surface area contributed by atoms with E-state index in [9.17, 15) is 9.59 Å². The maximum Gasteiger partial charge on any atom is 0.262 e. The van der Waals surface area contributed by atoms with Gasteiger partial charge in [0, 0.05) is 11.6 Å². The van der Waals surface area contributed by atoms with Crippen LogP contribution in [0.3, 0.4) is 0 Å². The van der Waals surface area contributed by atoms with Gasteiger partial charge < -0.3 is 10.1 Å². The molecule has 1 amide bonds. The van der Waals surface area contributed by atoms with Gasteiger partial charge in [-0.25, -0.2) is 4.98 Å². The topological polar surface area (TPSA) is 73.2 Å². The lowest BCUT2D eigenvalue weighted by Crippen LogP contribution is -2.30. The molecule has 29 heavy (non-hydrogen) atoms. The predicted octanol–water partition coefficient (Wildman–Crippen LogP) is 3.75. The molecule has 0 saturated heterocycles. The quantitative estimate of drug-likeness (QED) is 0.317. The highest BCUT2D eigenvalue weighted by molar-refractivity contribution is 7.99. The summed E-state index contributed by atoms with van der Waals surface area (Å²) in [7, 11) is 0. The molecule has 3 rings (SSSR count). The lowest BCUT2D eigenvalue weighted by molar-refractivity contribution is -0.118. The molecule has 0 atom stereocenters. The predicted molar refractivity (Wildman–Crippen MR) is 117 cm³/mol. The first-order valence-corrected chi connectivity index (χ1v) is 10.7. The van der Waals surface area contributed by atoms with Crippen LogP contribution in [0, 0.1) is 0 Å². The Balaban J connectivity index is 1.55. The van der Waals surface area contributed by atoms with Gasteiger partial charge in [-0.1, -0.05) is 42.4 Å². The third-order valence-electron chi connectivity index (χ3n) is 4.11. The van der Waals surface area contributed by atoms with Crippen LogP contribution >= 0.6 is 23.4 Å². The SMILES string of the molecule is CCCn1c(SCC(=O)NCCOc2ccc(Cl)cc2)nc2ccccc2c1=O. The first-order valence-electron chi connectivity index (χ1n) is 9.36. The summed E-state index contributed by atoms with van der Waals surface area (Å²) in [5, 5.41) is 4.61. The van der Waals surface area contributed by atoms with Gasteiger partial charge in [0.25, 0.3) is 5.56 Å². The number of rotatable bonds is 9. The number of benzene rings is 2. The van der Waals surface area contributed by atoms with Crippen molar-refractivity contribution < 1.29 is 9.53 Å². The van der Waals surface area contributed by atoms with Crippen LogP contribution in [0.25, 0.3) is 10.9 Å². The van der Waals surface area contributed by atoms with E-state index in [2.05, 4.69) is 10.3 Å². The molecule has 0 bridgehead atoms. The van der Waals surface area contributed by atoms with Crippen molar-refractivity contribution >= 4 is 40.2 Å². The minimum Gasteiger partial charge on any atom is -0.492 e. The molecule has 3 aromatic rings. The zero-order valence-corrected chi connectivity index (χ0v) is 17.6. The van der Waals surface area contributed by atoms with Crippen molar-refractivity contribution in [2.45, 2.75) is 25.0 Å². The smallest absolute Gasteiger partial charge is 0.262 e. The normalized spacial score (nSPS) is 10.8. The van der Waals surface area contributed by atoms with Crippen molar-refractivity contribution in [3.05, 3.63) is 63.9 Å². The van der Waals surface area contributed by atoms with Gasteiger partial charge in [-0.2, -0.15) is 0 Å². The molecular weight excluding hydrogens is 410 g/mol. The summed E-state index contributed by atoms with van der Waals surface area (Å²) in [6.45, 7) is 3.31. The van der Waals surface area contributed by atoms with Gasteiger partial charge in [-0.15, -0.1) is 0 Å². The molecule has 0 aliphatic rings. The van der Waals surface area contributed by atoms with Crippen LogP contribution in [0.5, 0.6) is 5.75 Å². The first-order chi connectivity index (χ1) is 14.1. The summed E-state index contributed by atoms with van der Waals surface area (Å²) in [6, 6.07) is 14.3. The monoisotopic (exact) mass is 431 g/mol. The van der Waals surface area contributed by atoms with Crippen molar-refractivity contribution in [3.8, 4) is 5.75 Å². The number of amides is 1. The van der Waals surface area contributed by atoms with E-state index in [1.165, 1.54) is 11.8 Å². The largest absolute Gasteiger partial charge is 0.492 e. The maximum atomic E-state index is 12.7. The third-order valence-corrected chi connectivity index (χ3v) is 5.34.